The molecule has 4 nitrogen and oxygen atoms in total. The highest BCUT2D eigenvalue weighted by Crippen LogP contribution is 2.42. The van der Waals surface area contributed by atoms with E-state index in [1.807, 2.05) is 30.3 Å². The average Bonchev–Trinajstić information content (AvgIpc) is 2.52. The summed E-state index contributed by atoms with van der Waals surface area (Å²) in [5.74, 6) is 0.0981. The van der Waals surface area contributed by atoms with Gasteiger partial charge >= 0.3 is 0 Å². The molecule has 0 spiro atoms. The van der Waals surface area contributed by atoms with Gasteiger partial charge in [0.05, 0.1) is 0 Å². The van der Waals surface area contributed by atoms with E-state index in [-0.39, 0.29) is 5.91 Å². The maximum absolute atomic E-state index is 12.1. The average molecular weight is 394 g/mol. The Morgan fingerprint density at radius 3 is 2.22 bits per heavy atom. The third-order valence-electron chi connectivity index (χ3n) is 2.82. The fourth-order valence-electron chi connectivity index (χ4n) is 1.82. The van der Waals surface area contributed by atoms with Gasteiger partial charge in [0, 0.05) is 35.1 Å². The number of carbonyl (C=O) groups is 1. The van der Waals surface area contributed by atoms with Crippen LogP contribution in [0.25, 0.3) is 5.76 Å². The smallest absolute Gasteiger partial charge is 0.255 e. The van der Waals surface area contributed by atoms with Gasteiger partial charge in [0.2, 0.25) is 7.37 Å². The molecule has 0 aliphatic heterocycles. The Morgan fingerprint density at radius 2 is 1.65 bits per heavy atom. The zero-order valence-corrected chi connectivity index (χ0v) is 15.3. The molecule has 0 heterocycles. The molecule has 2 aromatic carbocycles. The third kappa shape index (κ3) is 5.70. The molecule has 0 fully saturated rings. The van der Waals surface area contributed by atoms with Crippen LogP contribution in [0.1, 0.15) is 15.9 Å². The van der Waals surface area contributed by atoms with Gasteiger partial charge in [-0.2, -0.15) is 0 Å². The molecule has 2 aromatic rings. The quantitative estimate of drug-likeness (QED) is 0.589. The van der Waals surface area contributed by atoms with Crippen LogP contribution in [0.15, 0.2) is 65.3 Å². The monoisotopic (exact) mass is 393 g/mol. The van der Waals surface area contributed by atoms with E-state index < -0.39 is 7.37 Å². The van der Waals surface area contributed by atoms with Crippen molar-refractivity contribution in [1.29, 1.82) is 0 Å². The van der Waals surface area contributed by atoms with E-state index in [2.05, 4.69) is 21.2 Å². The number of amides is 1. The number of benzene rings is 2. The number of rotatable bonds is 5. The predicted octanol–water partition coefficient (Wildman–Crippen LogP) is 4.73. The van der Waals surface area contributed by atoms with Gasteiger partial charge in [-0.25, -0.2) is 0 Å². The first kappa shape index (κ1) is 17.5. The number of carbonyl (C=O) groups excluding carboxylic acids is 1. The lowest BCUT2D eigenvalue weighted by molar-refractivity contribution is 0.0969. The summed E-state index contributed by atoms with van der Waals surface area (Å²) in [6.45, 7) is 3.05. The zero-order chi connectivity index (χ0) is 16.9. The molecule has 0 radical (unpaired) electrons. The first-order chi connectivity index (χ1) is 10.8. The molecule has 2 rings (SSSR count). The Bertz CT molecular complexity index is 751. The van der Waals surface area contributed by atoms with Gasteiger partial charge < -0.3 is 9.84 Å². The fourth-order valence-corrected chi connectivity index (χ4v) is 2.71. The normalized spacial score (nSPS) is 11.9. The number of nitrogens with one attached hydrogen (secondary N) is 1. The first-order valence-electron chi connectivity index (χ1n) is 6.92. The van der Waals surface area contributed by atoms with Crippen LogP contribution in [0.2, 0.25) is 0 Å². The molecule has 0 aliphatic rings. The summed E-state index contributed by atoms with van der Waals surface area (Å²) in [4.78, 5) is 12.1. The van der Waals surface area contributed by atoms with Crippen molar-refractivity contribution < 1.29 is 13.9 Å². The summed E-state index contributed by atoms with van der Waals surface area (Å²) in [6.07, 6.45) is 1.44. The van der Waals surface area contributed by atoms with Crippen molar-refractivity contribution in [2.24, 2.45) is 0 Å². The lowest BCUT2D eigenvalue weighted by Gasteiger charge is -2.14. The largest absolute Gasteiger partial charge is 0.441 e. The number of hydrogen-bond donors (Lipinski definition) is 1. The Labute approximate surface area is 144 Å². The van der Waals surface area contributed by atoms with Gasteiger partial charge in [0.1, 0.15) is 5.76 Å². The van der Waals surface area contributed by atoms with Crippen LogP contribution >= 0.6 is 23.3 Å². The summed E-state index contributed by atoms with van der Waals surface area (Å²) in [5.41, 5.74) is 1.26. The van der Waals surface area contributed by atoms with Crippen molar-refractivity contribution in [2.75, 3.05) is 13.3 Å². The van der Waals surface area contributed by atoms with E-state index in [0.29, 0.717) is 11.3 Å². The van der Waals surface area contributed by atoms with Gasteiger partial charge in [-0.05, 0) is 24.3 Å². The Kier molecular flexibility index (Phi) is 5.80. The maximum atomic E-state index is 12.1. The zero-order valence-electron chi connectivity index (χ0n) is 12.8. The first-order valence-corrected chi connectivity index (χ1v) is 10.2. The second-order valence-corrected chi connectivity index (χ2v) is 8.80. The topological polar surface area (TPSA) is 55.4 Å². The number of hydrogen-bond acceptors (Lipinski definition) is 3. The molecule has 1 amide bonds. The molecular weight excluding hydrogens is 377 g/mol. The minimum atomic E-state index is -2.76. The lowest BCUT2D eigenvalue weighted by Crippen LogP contribution is -2.17. The van der Waals surface area contributed by atoms with E-state index in [1.54, 1.807) is 24.3 Å². The second kappa shape index (κ2) is 7.62. The Balaban J connectivity index is 2.24. The maximum Gasteiger partial charge on any atom is 0.255 e. The van der Waals surface area contributed by atoms with Crippen LogP contribution in [-0.2, 0) is 9.09 Å². The summed E-state index contributed by atoms with van der Waals surface area (Å²) in [6, 6.07) is 16.2. The molecule has 1 N–H and O–H groups in total. The highest BCUT2D eigenvalue weighted by molar-refractivity contribution is 9.10. The molecule has 6 heteroatoms. The van der Waals surface area contributed by atoms with Gasteiger partial charge in [-0.1, -0.05) is 46.3 Å². The van der Waals surface area contributed by atoms with Crippen LogP contribution in [-0.4, -0.2) is 19.2 Å². The minimum absolute atomic E-state index is 0.258. The second-order valence-electron chi connectivity index (χ2n) is 5.20. The summed E-state index contributed by atoms with van der Waals surface area (Å²) < 4.78 is 18.5. The van der Waals surface area contributed by atoms with Crippen LogP contribution in [0, 0.1) is 0 Å². The van der Waals surface area contributed by atoms with Crippen molar-refractivity contribution in [1.82, 2.24) is 5.32 Å². The van der Waals surface area contributed by atoms with Crippen LogP contribution in [0.4, 0.5) is 0 Å². The summed E-state index contributed by atoms with van der Waals surface area (Å²) in [5, 5.41) is 2.68. The molecule has 0 aliphatic carbocycles. The molecule has 0 bridgehead atoms. The third-order valence-corrected chi connectivity index (χ3v) is 3.98. The van der Waals surface area contributed by atoms with Crippen molar-refractivity contribution in [3.63, 3.8) is 0 Å². The number of halogens is 1. The van der Waals surface area contributed by atoms with E-state index in [0.717, 1.165) is 10.0 Å². The highest BCUT2D eigenvalue weighted by atomic mass is 79.9. The van der Waals surface area contributed by atoms with E-state index >= 15 is 0 Å². The molecule has 0 unspecified atom stereocenters. The highest BCUT2D eigenvalue weighted by Gasteiger charge is 2.14. The molecular formula is C17H17BrNO3P. The Morgan fingerprint density at radius 1 is 1.04 bits per heavy atom. The van der Waals surface area contributed by atoms with E-state index in [9.17, 15) is 9.36 Å². The summed E-state index contributed by atoms with van der Waals surface area (Å²) in [7, 11) is -2.76. The molecule has 0 saturated heterocycles. The van der Waals surface area contributed by atoms with E-state index in [1.165, 1.54) is 19.5 Å². The summed E-state index contributed by atoms with van der Waals surface area (Å²) >= 11 is 3.36. The van der Waals surface area contributed by atoms with Crippen molar-refractivity contribution in [2.45, 2.75) is 0 Å². The van der Waals surface area contributed by atoms with Gasteiger partial charge in [0.25, 0.3) is 5.91 Å². The molecule has 120 valence electrons. The van der Waals surface area contributed by atoms with Crippen molar-refractivity contribution in [3.05, 3.63) is 76.4 Å². The Hall–Kier alpha value is -1.84. The fraction of sp³-hybridized carbons (Fsp3) is 0.118. The van der Waals surface area contributed by atoms with Gasteiger partial charge in [0.15, 0.2) is 0 Å². The lowest BCUT2D eigenvalue weighted by atomic mass is 10.2. The molecule has 0 saturated carbocycles. The van der Waals surface area contributed by atoms with Crippen LogP contribution < -0.4 is 5.32 Å². The van der Waals surface area contributed by atoms with Crippen molar-refractivity contribution in [3.8, 4) is 0 Å². The van der Waals surface area contributed by atoms with Crippen molar-refractivity contribution >= 4 is 35.0 Å². The molecule has 0 atom stereocenters. The van der Waals surface area contributed by atoms with Crippen LogP contribution in [0.3, 0.4) is 0 Å². The standard InChI is InChI=1S/C17H17BrNO3P/c1-23(2,21)22-16(13-8-10-15(18)11-9-13)12-19-17(20)14-6-4-3-5-7-14/h3-12H,1-2H3,(H,19,20). The molecule has 0 aromatic heterocycles. The van der Waals surface area contributed by atoms with Crippen LogP contribution in [0.5, 0.6) is 0 Å². The predicted molar refractivity (Wildman–Crippen MR) is 96.6 cm³/mol. The molecule has 23 heavy (non-hydrogen) atoms. The SMILES string of the molecule is CP(C)(=O)OC(=CNC(=O)c1ccccc1)c1ccc(Br)cc1. The van der Waals surface area contributed by atoms with Gasteiger partial charge in [-0.15, -0.1) is 0 Å². The van der Waals surface area contributed by atoms with E-state index in [4.69, 9.17) is 4.52 Å². The minimum Gasteiger partial charge on any atom is -0.441 e. The van der Waals surface area contributed by atoms with Gasteiger partial charge in [-0.3, -0.25) is 9.36 Å².